The molecular formula is C15H22N4. The number of nitrogens with zero attached hydrogens (tertiary/aromatic N) is 2. The van der Waals surface area contributed by atoms with Crippen molar-refractivity contribution >= 4 is 0 Å². The van der Waals surface area contributed by atoms with Gasteiger partial charge >= 0.3 is 0 Å². The largest absolute Gasteiger partial charge is 0.271 e. The summed E-state index contributed by atoms with van der Waals surface area (Å²) in [6.45, 7) is 9.30. The Kier molecular flexibility index (Phi) is 4.02. The van der Waals surface area contributed by atoms with E-state index in [1.807, 2.05) is 16.9 Å². The quantitative estimate of drug-likeness (QED) is 0.654. The summed E-state index contributed by atoms with van der Waals surface area (Å²) in [6.07, 6.45) is 1.82. The van der Waals surface area contributed by atoms with Crippen LogP contribution in [0.4, 0.5) is 0 Å². The molecule has 1 aromatic carbocycles. The van der Waals surface area contributed by atoms with Crippen molar-refractivity contribution in [1.29, 1.82) is 0 Å². The minimum Gasteiger partial charge on any atom is -0.271 e. The standard InChI is InChI=1S/C15H22N4/c1-5-19-13(6-7-17-19)15(18-16)14-11(3)8-10(2)9-12(14)4/h6-9,15,18H,5,16H2,1-4H3. The van der Waals surface area contributed by atoms with Crippen LogP contribution in [0.3, 0.4) is 0 Å². The molecule has 19 heavy (non-hydrogen) atoms. The maximum absolute atomic E-state index is 5.80. The summed E-state index contributed by atoms with van der Waals surface area (Å²) in [5, 5.41) is 4.33. The summed E-state index contributed by atoms with van der Waals surface area (Å²) < 4.78 is 1.98. The van der Waals surface area contributed by atoms with Crippen molar-refractivity contribution in [3.8, 4) is 0 Å². The monoisotopic (exact) mass is 258 g/mol. The molecule has 0 amide bonds. The van der Waals surface area contributed by atoms with Gasteiger partial charge in [-0.15, -0.1) is 0 Å². The predicted molar refractivity (Wildman–Crippen MR) is 77.7 cm³/mol. The van der Waals surface area contributed by atoms with Crippen LogP contribution in [0, 0.1) is 20.8 Å². The minimum atomic E-state index is -0.0250. The van der Waals surface area contributed by atoms with Gasteiger partial charge in [-0.25, -0.2) is 5.43 Å². The lowest BCUT2D eigenvalue weighted by atomic mass is 9.92. The van der Waals surface area contributed by atoms with E-state index in [0.717, 1.165) is 12.2 Å². The third kappa shape index (κ3) is 2.55. The molecule has 0 spiro atoms. The zero-order valence-corrected chi connectivity index (χ0v) is 12.1. The Labute approximate surface area is 114 Å². The van der Waals surface area contributed by atoms with Gasteiger partial charge < -0.3 is 0 Å². The smallest absolute Gasteiger partial charge is 0.0883 e. The molecule has 0 bridgehead atoms. The lowest BCUT2D eigenvalue weighted by Gasteiger charge is -2.22. The summed E-state index contributed by atoms with van der Waals surface area (Å²) in [6, 6.07) is 6.38. The number of aryl methyl sites for hydroxylation is 4. The zero-order chi connectivity index (χ0) is 14.0. The molecule has 4 nitrogen and oxygen atoms in total. The fourth-order valence-corrected chi connectivity index (χ4v) is 2.82. The molecule has 3 N–H and O–H groups in total. The van der Waals surface area contributed by atoms with E-state index in [4.69, 9.17) is 5.84 Å². The SMILES string of the molecule is CCn1nccc1C(NN)c1c(C)cc(C)cc1C. The molecule has 0 radical (unpaired) electrons. The molecule has 0 aliphatic heterocycles. The Hall–Kier alpha value is -1.65. The first-order chi connectivity index (χ1) is 9.08. The molecule has 2 rings (SSSR count). The van der Waals surface area contributed by atoms with Crippen molar-refractivity contribution < 1.29 is 0 Å². The van der Waals surface area contributed by atoms with Gasteiger partial charge in [0.05, 0.1) is 11.7 Å². The average Bonchev–Trinajstić information content (AvgIpc) is 2.81. The van der Waals surface area contributed by atoms with Gasteiger partial charge in [-0.1, -0.05) is 17.7 Å². The van der Waals surface area contributed by atoms with Gasteiger partial charge in [-0.2, -0.15) is 5.10 Å². The number of aromatic nitrogens is 2. The van der Waals surface area contributed by atoms with Gasteiger partial charge in [-0.3, -0.25) is 10.5 Å². The molecule has 0 aliphatic rings. The second-order valence-corrected chi connectivity index (χ2v) is 4.98. The number of hydrazine groups is 1. The molecule has 1 atom stereocenters. The van der Waals surface area contributed by atoms with E-state index in [9.17, 15) is 0 Å². The van der Waals surface area contributed by atoms with E-state index in [1.54, 1.807) is 0 Å². The van der Waals surface area contributed by atoms with E-state index in [-0.39, 0.29) is 6.04 Å². The van der Waals surface area contributed by atoms with Crippen molar-refractivity contribution in [1.82, 2.24) is 15.2 Å². The number of nitrogens with two attached hydrogens (primary N) is 1. The number of benzene rings is 1. The first-order valence-electron chi connectivity index (χ1n) is 6.64. The third-order valence-corrected chi connectivity index (χ3v) is 3.54. The summed E-state index contributed by atoms with van der Waals surface area (Å²) in [5.74, 6) is 5.80. The summed E-state index contributed by atoms with van der Waals surface area (Å²) >= 11 is 0. The fraction of sp³-hybridized carbons (Fsp3) is 0.400. The van der Waals surface area contributed by atoms with E-state index in [1.165, 1.54) is 22.3 Å². The normalized spacial score (nSPS) is 12.7. The summed E-state index contributed by atoms with van der Waals surface area (Å²) in [7, 11) is 0. The average molecular weight is 258 g/mol. The lowest BCUT2D eigenvalue weighted by Crippen LogP contribution is -2.31. The molecule has 1 aromatic heterocycles. The van der Waals surface area contributed by atoms with Gasteiger partial charge in [0, 0.05) is 12.7 Å². The lowest BCUT2D eigenvalue weighted by molar-refractivity contribution is 0.540. The van der Waals surface area contributed by atoms with Crippen LogP contribution in [0.25, 0.3) is 0 Å². The van der Waals surface area contributed by atoms with Crippen LogP contribution in [0.2, 0.25) is 0 Å². The minimum absolute atomic E-state index is 0.0250. The summed E-state index contributed by atoms with van der Waals surface area (Å²) in [5.41, 5.74) is 9.06. The van der Waals surface area contributed by atoms with Crippen LogP contribution in [-0.2, 0) is 6.54 Å². The van der Waals surface area contributed by atoms with Crippen LogP contribution in [0.1, 0.15) is 40.9 Å². The second kappa shape index (κ2) is 5.55. The van der Waals surface area contributed by atoms with E-state index < -0.39 is 0 Å². The molecule has 102 valence electrons. The topological polar surface area (TPSA) is 55.9 Å². The van der Waals surface area contributed by atoms with Crippen molar-refractivity contribution in [2.75, 3.05) is 0 Å². The number of rotatable bonds is 4. The first kappa shape index (κ1) is 13.8. The molecule has 0 saturated carbocycles. The number of hydrogen-bond acceptors (Lipinski definition) is 3. The van der Waals surface area contributed by atoms with E-state index in [0.29, 0.717) is 0 Å². The van der Waals surface area contributed by atoms with Gasteiger partial charge in [0.2, 0.25) is 0 Å². The fourth-order valence-electron chi connectivity index (χ4n) is 2.82. The van der Waals surface area contributed by atoms with Crippen molar-refractivity contribution in [3.05, 3.63) is 52.3 Å². The Bertz CT molecular complexity index is 548. The van der Waals surface area contributed by atoms with Crippen LogP contribution in [0.5, 0.6) is 0 Å². The molecule has 1 heterocycles. The van der Waals surface area contributed by atoms with Crippen LogP contribution in [0.15, 0.2) is 24.4 Å². The van der Waals surface area contributed by atoms with E-state index >= 15 is 0 Å². The highest BCUT2D eigenvalue weighted by Gasteiger charge is 2.20. The van der Waals surface area contributed by atoms with Gasteiger partial charge in [-0.05, 0) is 50.5 Å². The predicted octanol–water partition coefficient (Wildman–Crippen LogP) is 2.38. The Morgan fingerprint density at radius 2 is 1.89 bits per heavy atom. The van der Waals surface area contributed by atoms with E-state index in [2.05, 4.69) is 50.4 Å². The van der Waals surface area contributed by atoms with Gasteiger partial charge in [0.15, 0.2) is 0 Å². The first-order valence-corrected chi connectivity index (χ1v) is 6.64. The van der Waals surface area contributed by atoms with Crippen molar-refractivity contribution in [2.24, 2.45) is 5.84 Å². The van der Waals surface area contributed by atoms with Gasteiger partial charge in [0.1, 0.15) is 0 Å². The van der Waals surface area contributed by atoms with Crippen LogP contribution in [-0.4, -0.2) is 9.78 Å². The van der Waals surface area contributed by atoms with Crippen LogP contribution < -0.4 is 11.3 Å². The third-order valence-electron chi connectivity index (χ3n) is 3.54. The number of hydrogen-bond donors (Lipinski definition) is 2. The summed E-state index contributed by atoms with van der Waals surface area (Å²) in [4.78, 5) is 0. The Balaban J connectivity index is 2.54. The molecule has 0 aliphatic carbocycles. The van der Waals surface area contributed by atoms with Crippen molar-refractivity contribution in [2.45, 2.75) is 40.3 Å². The molecule has 0 saturated heterocycles. The highest BCUT2D eigenvalue weighted by Crippen LogP contribution is 2.28. The highest BCUT2D eigenvalue weighted by molar-refractivity contribution is 5.42. The molecule has 1 unspecified atom stereocenters. The van der Waals surface area contributed by atoms with Gasteiger partial charge in [0.25, 0.3) is 0 Å². The molecule has 4 heteroatoms. The maximum Gasteiger partial charge on any atom is 0.0883 e. The molecular weight excluding hydrogens is 236 g/mol. The second-order valence-electron chi connectivity index (χ2n) is 4.98. The Morgan fingerprint density at radius 1 is 1.26 bits per heavy atom. The molecule has 2 aromatic rings. The van der Waals surface area contributed by atoms with Crippen LogP contribution >= 0.6 is 0 Å². The zero-order valence-electron chi connectivity index (χ0n) is 12.1. The van der Waals surface area contributed by atoms with Crippen molar-refractivity contribution in [3.63, 3.8) is 0 Å². The number of nitrogens with one attached hydrogen (secondary N) is 1. The highest BCUT2D eigenvalue weighted by atomic mass is 15.3. The molecule has 0 fully saturated rings. The Morgan fingerprint density at radius 3 is 2.42 bits per heavy atom. The maximum atomic E-state index is 5.80.